The van der Waals surface area contributed by atoms with E-state index in [-0.39, 0.29) is 16.2 Å². The Bertz CT molecular complexity index is 1170. The van der Waals surface area contributed by atoms with Crippen LogP contribution in [0.2, 0.25) is 10.0 Å². The average Bonchev–Trinajstić information content (AvgIpc) is 2.91. The molecular formula is C16H9Cl2FN2O2S2. The van der Waals surface area contributed by atoms with Gasteiger partial charge < -0.3 is 4.57 Å². The van der Waals surface area contributed by atoms with Crippen molar-refractivity contribution in [3.63, 3.8) is 0 Å². The lowest BCUT2D eigenvalue weighted by Gasteiger charge is -2.03. The summed E-state index contributed by atoms with van der Waals surface area (Å²) < 4.78 is 44.0. The third-order valence-corrected chi connectivity index (χ3v) is 6.53. The molecule has 0 N–H and O–H groups in total. The molecule has 0 aliphatic heterocycles. The number of fused-ring (bicyclic) bond motifs is 1. The molecular weight excluding hydrogens is 406 g/mol. The lowest BCUT2D eigenvalue weighted by molar-refractivity contribution is 0.594. The van der Waals surface area contributed by atoms with Crippen LogP contribution in [0.25, 0.3) is 10.2 Å². The minimum absolute atomic E-state index is 0.0673. The van der Waals surface area contributed by atoms with Crippen LogP contribution < -0.4 is 4.80 Å². The van der Waals surface area contributed by atoms with Crippen LogP contribution in [-0.4, -0.2) is 13.0 Å². The molecule has 0 amide bonds. The Kier molecular flexibility index (Phi) is 4.89. The Morgan fingerprint density at radius 3 is 2.44 bits per heavy atom. The molecule has 0 bridgehead atoms. The molecule has 0 spiro atoms. The summed E-state index contributed by atoms with van der Waals surface area (Å²) in [6.45, 7) is 0.0673. The second kappa shape index (κ2) is 6.81. The van der Waals surface area contributed by atoms with E-state index in [1.165, 1.54) is 4.57 Å². The van der Waals surface area contributed by atoms with E-state index in [1.807, 2.05) is 0 Å². The van der Waals surface area contributed by atoms with Crippen molar-refractivity contribution in [1.82, 2.24) is 4.57 Å². The predicted molar refractivity (Wildman–Crippen MR) is 97.8 cm³/mol. The van der Waals surface area contributed by atoms with Crippen LogP contribution in [0.1, 0.15) is 0 Å². The maximum atomic E-state index is 13.0. The van der Waals surface area contributed by atoms with Crippen molar-refractivity contribution < 1.29 is 12.8 Å². The number of nitrogens with zero attached hydrogens (tertiary/aromatic N) is 2. The SMILES string of the molecule is C#CCn1/c(=N/S(=O)(=O)c2ccc(F)cc2)sc2c(Cl)ccc(Cl)c21. The summed E-state index contributed by atoms with van der Waals surface area (Å²) in [6, 6.07) is 7.61. The summed E-state index contributed by atoms with van der Waals surface area (Å²) in [5.41, 5.74) is 0.519. The quantitative estimate of drug-likeness (QED) is 0.606. The van der Waals surface area contributed by atoms with Gasteiger partial charge in [0.1, 0.15) is 5.82 Å². The first-order valence-corrected chi connectivity index (χ1v) is 9.82. The first kappa shape index (κ1) is 18.0. The van der Waals surface area contributed by atoms with Gasteiger partial charge in [-0.15, -0.1) is 10.8 Å². The molecule has 1 aromatic heterocycles. The Morgan fingerprint density at radius 1 is 1.16 bits per heavy atom. The minimum atomic E-state index is -4.05. The fourth-order valence-corrected chi connectivity index (χ4v) is 5.03. The van der Waals surface area contributed by atoms with Gasteiger partial charge in [0, 0.05) is 0 Å². The molecule has 2 aromatic carbocycles. The Balaban J connectivity index is 2.31. The third kappa shape index (κ3) is 3.44. The minimum Gasteiger partial charge on any atom is -0.303 e. The van der Waals surface area contributed by atoms with Gasteiger partial charge in [-0.1, -0.05) is 40.5 Å². The molecule has 9 heteroatoms. The normalized spacial score (nSPS) is 12.5. The number of rotatable bonds is 3. The summed E-state index contributed by atoms with van der Waals surface area (Å²) in [5.74, 6) is 1.91. The number of sulfonamides is 1. The van der Waals surface area contributed by atoms with Crippen LogP contribution in [0, 0.1) is 18.2 Å². The van der Waals surface area contributed by atoms with E-state index < -0.39 is 15.8 Å². The fraction of sp³-hybridized carbons (Fsp3) is 0.0625. The Morgan fingerprint density at radius 2 is 1.80 bits per heavy atom. The number of hydrogen-bond donors (Lipinski definition) is 0. The van der Waals surface area contributed by atoms with E-state index in [4.69, 9.17) is 29.6 Å². The number of aromatic nitrogens is 1. The van der Waals surface area contributed by atoms with Crippen LogP contribution in [0.15, 0.2) is 45.7 Å². The zero-order valence-corrected chi connectivity index (χ0v) is 15.6. The Labute approximate surface area is 157 Å². The van der Waals surface area contributed by atoms with Gasteiger partial charge in [-0.05, 0) is 36.4 Å². The second-order valence-electron chi connectivity index (χ2n) is 4.90. The smallest absolute Gasteiger partial charge is 0.285 e. The molecule has 25 heavy (non-hydrogen) atoms. The molecule has 0 radical (unpaired) electrons. The molecule has 1 heterocycles. The standard InChI is InChI=1S/C16H9Cl2FN2O2S2/c1-2-9-21-14-12(17)7-8-13(18)15(14)24-16(21)20-25(22,23)11-5-3-10(19)4-6-11/h1,3-8H,9H2/b20-16-. The van der Waals surface area contributed by atoms with Crippen molar-refractivity contribution in [2.45, 2.75) is 11.4 Å². The summed E-state index contributed by atoms with van der Waals surface area (Å²) in [7, 11) is -4.05. The van der Waals surface area contributed by atoms with Gasteiger partial charge in [0.25, 0.3) is 10.0 Å². The van der Waals surface area contributed by atoms with Crippen molar-refractivity contribution in [3.05, 3.63) is 57.1 Å². The van der Waals surface area contributed by atoms with E-state index in [9.17, 15) is 12.8 Å². The Hall–Kier alpha value is -1.85. The van der Waals surface area contributed by atoms with Crippen LogP contribution in [0.4, 0.5) is 4.39 Å². The van der Waals surface area contributed by atoms with Gasteiger partial charge in [0.2, 0.25) is 4.80 Å². The zero-order chi connectivity index (χ0) is 18.2. The molecule has 0 saturated carbocycles. The summed E-state index contributed by atoms with van der Waals surface area (Å²) in [4.78, 5) is 0.00285. The summed E-state index contributed by atoms with van der Waals surface area (Å²) in [6.07, 6.45) is 5.38. The van der Waals surface area contributed by atoms with Gasteiger partial charge in [-0.3, -0.25) is 0 Å². The maximum absolute atomic E-state index is 13.0. The molecule has 3 rings (SSSR count). The number of thiazole rings is 1. The fourth-order valence-electron chi connectivity index (χ4n) is 2.18. The first-order chi connectivity index (χ1) is 11.8. The monoisotopic (exact) mass is 414 g/mol. The molecule has 0 aliphatic rings. The van der Waals surface area contributed by atoms with Crippen molar-refractivity contribution in [2.75, 3.05) is 0 Å². The molecule has 4 nitrogen and oxygen atoms in total. The van der Waals surface area contributed by atoms with E-state index in [0.29, 0.717) is 20.3 Å². The predicted octanol–water partition coefficient (Wildman–Crippen LogP) is 4.07. The van der Waals surface area contributed by atoms with Crippen LogP contribution >= 0.6 is 34.5 Å². The molecule has 0 fully saturated rings. The van der Waals surface area contributed by atoms with Crippen LogP contribution in [0.3, 0.4) is 0 Å². The maximum Gasteiger partial charge on any atom is 0.285 e. The van der Waals surface area contributed by atoms with Gasteiger partial charge in [0.15, 0.2) is 0 Å². The van der Waals surface area contributed by atoms with Gasteiger partial charge in [0.05, 0.1) is 31.7 Å². The van der Waals surface area contributed by atoms with Crippen LogP contribution in [-0.2, 0) is 16.6 Å². The van der Waals surface area contributed by atoms with Gasteiger partial charge >= 0.3 is 0 Å². The van der Waals surface area contributed by atoms with Crippen molar-refractivity contribution in [3.8, 4) is 12.3 Å². The summed E-state index contributed by atoms with van der Waals surface area (Å²) >= 11 is 13.4. The van der Waals surface area contributed by atoms with Crippen molar-refractivity contribution in [1.29, 1.82) is 0 Å². The number of halogens is 3. The van der Waals surface area contributed by atoms with Gasteiger partial charge in [-0.2, -0.15) is 8.42 Å². The average molecular weight is 415 g/mol. The molecule has 0 aliphatic carbocycles. The lowest BCUT2D eigenvalue weighted by Crippen LogP contribution is -2.16. The molecule has 3 aromatic rings. The molecule has 0 saturated heterocycles. The second-order valence-corrected chi connectivity index (χ2v) is 8.30. The number of hydrogen-bond acceptors (Lipinski definition) is 3. The molecule has 128 valence electrons. The highest BCUT2D eigenvalue weighted by Gasteiger charge is 2.17. The number of benzene rings is 2. The summed E-state index contributed by atoms with van der Waals surface area (Å²) in [5, 5.41) is 0.794. The highest BCUT2D eigenvalue weighted by Crippen LogP contribution is 2.32. The molecule has 0 atom stereocenters. The highest BCUT2D eigenvalue weighted by atomic mass is 35.5. The van der Waals surface area contributed by atoms with Gasteiger partial charge in [-0.25, -0.2) is 4.39 Å². The largest absolute Gasteiger partial charge is 0.303 e. The van der Waals surface area contributed by atoms with E-state index in [2.05, 4.69) is 10.3 Å². The van der Waals surface area contributed by atoms with Crippen molar-refractivity contribution in [2.24, 2.45) is 4.40 Å². The first-order valence-electron chi connectivity index (χ1n) is 6.81. The van der Waals surface area contributed by atoms with E-state index in [0.717, 1.165) is 35.6 Å². The topological polar surface area (TPSA) is 51.4 Å². The molecule has 0 unspecified atom stereocenters. The van der Waals surface area contributed by atoms with Crippen molar-refractivity contribution >= 4 is 54.8 Å². The zero-order valence-electron chi connectivity index (χ0n) is 12.4. The van der Waals surface area contributed by atoms with E-state index in [1.54, 1.807) is 12.1 Å². The lowest BCUT2D eigenvalue weighted by atomic mass is 10.3. The number of terminal acetylenes is 1. The highest BCUT2D eigenvalue weighted by molar-refractivity contribution is 7.90. The third-order valence-electron chi connectivity index (χ3n) is 3.29. The van der Waals surface area contributed by atoms with Crippen LogP contribution in [0.5, 0.6) is 0 Å². The van der Waals surface area contributed by atoms with E-state index >= 15 is 0 Å².